The van der Waals surface area contributed by atoms with E-state index in [0.717, 1.165) is 37.7 Å². The lowest BCUT2D eigenvalue weighted by molar-refractivity contribution is 0.0754. The van der Waals surface area contributed by atoms with Crippen LogP contribution in [0, 0.1) is 5.92 Å². The number of rotatable bonds is 3. The first-order valence-electron chi connectivity index (χ1n) is 7.18. The zero-order valence-corrected chi connectivity index (χ0v) is 11.9. The van der Waals surface area contributed by atoms with Crippen molar-refractivity contribution in [3.63, 3.8) is 0 Å². The number of likely N-dealkylation sites (tertiary alicyclic amines) is 1. The lowest BCUT2D eigenvalue weighted by Gasteiger charge is -2.20. The van der Waals surface area contributed by atoms with Gasteiger partial charge >= 0.3 is 0 Å². The Balaban J connectivity index is 2.06. The molecule has 0 saturated carbocycles. The van der Waals surface area contributed by atoms with Crippen LogP contribution in [0.2, 0.25) is 0 Å². The minimum atomic E-state index is 0.0638. The maximum absolute atomic E-state index is 12.5. The third kappa shape index (κ3) is 3.46. The van der Waals surface area contributed by atoms with Gasteiger partial charge in [0.1, 0.15) is 11.5 Å². The Labute approximate surface area is 115 Å². The number of hydrogen-bond acceptors (Lipinski definition) is 3. The van der Waals surface area contributed by atoms with E-state index in [2.05, 4.69) is 17.2 Å². The number of amides is 1. The molecule has 104 valence electrons. The first kappa shape index (κ1) is 13.8. The number of carbonyl (C=O) groups is 1. The van der Waals surface area contributed by atoms with Crippen LogP contribution in [0.4, 0.5) is 5.82 Å². The van der Waals surface area contributed by atoms with E-state index in [1.54, 1.807) is 6.07 Å². The van der Waals surface area contributed by atoms with Gasteiger partial charge in [0.2, 0.25) is 0 Å². The number of anilines is 1. The number of nitrogens with one attached hydrogen (secondary N) is 1. The van der Waals surface area contributed by atoms with Crippen LogP contribution < -0.4 is 5.32 Å². The second-order valence-electron chi connectivity index (χ2n) is 5.16. The maximum atomic E-state index is 12.5. The van der Waals surface area contributed by atoms with Crippen LogP contribution in [0.15, 0.2) is 18.2 Å². The summed E-state index contributed by atoms with van der Waals surface area (Å²) < 4.78 is 0. The molecular formula is C15H23N3O. The van der Waals surface area contributed by atoms with E-state index in [0.29, 0.717) is 5.69 Å². The highest BCUT2D eigenvalue weighted by molar-refractivity contribution is 5.92. The van der Waals surface area contributed by atoms with Crippen molar-refractivity contribution in [1.29, 1.82) is 0 Å². The summed E-state index contributed by atoms with van der Waals surface area (Å²) in [4.78, 5) is 18.7. The Morgan fingerprint density at radius 1 is 1.42 bits per heavy atom. The molecule has 1 aromatic heterocycles. The molecule has 4 nitrogen and oxygen atoms in total. The summed E-state index contributed by atoms with van der Waals surface area (Å²) in [5, 5.41) is 2.97. The molecule has 1 aliphatic heterocycles. The zero-order valence-electron chi connectivity index (χ0n) is 11.9. The normalized spacial score (nSPS) is 19.9. The molecule has 0 radical (unpaired) electrons. The third-order valence-corrected chi connectivity index (χ3v) is 3.94. The lowest BCUT2D eigenvalue weighted by Crippen LogP contribution is -2.32. The van der Waals surface area contributed by atoms with Crippen LogP contribution in [0.25, 0.3) is 0 Å². The molecule has 4 heteroatoms. The highest BCUT2D eigenvalue weighted by Crippen LogP contribution is 2.21. The Hall–Kier alpha value is -1.58. The van der Waals surface area contributed by atoms with E-state index in [1.165, 1.54) is 12.8 Å². The fourth-order valence-electron chi connectivity index (χ4n) is 2.63. The van der Waals surface area contributed by atoms with Crippen molar-refractivity contribution in [3.05, 3.63) is 23.9 Å². The van der Waals surface area contributed by atoms with Gasteiger partial charge in [-0.25, -0.2) is 4.98 Å². The van der Waals surface area contributed by atoms with E-state index in [4.69, 9.17) is 0 Å². The Morgan fingerprint density at radius 3 is 3.00 bits per heavy atom. The van der Waals surface area contributed by atoms with Crippen molar-refractivity contribution in [2.24, 2.45) is 5.92 Å². The van der Waals surface area contributed by atoms with Gasteiger partial charge in [-0.05, 0) is 37.3 Å². The summed E-state index contributed by atoms with van der Waals surface area (Å²) in [5.41, 5.74) is 0.543. The molecule has 1 saturated heterocycles. The molecular weight excluding hydrogens is 238 g/mol. The van der Waals surface area contributed by atoms with Crippen molar-refractivity contribution in [3.8, 4) is 0 Å². The van der Waals surface area contributed by atoms with Crippen LogP contribution >= 0.6 is 0 Å². The number of nitrogens with zero attached hydrogens (tertiary/aromatic N) is 2. The van der Waals surface area contributed by atoms with Crippen molar-refractivity contribution in [1.82, 2.24) is 9.88 Å². The van der Waals surface area contributed by atoms with Gasteiger partial charge in [-0.1, -0.05) is 19.4 Å². The van der Waals surface area contributed by atoms with Crippen molar-refractivity contribution >= 4 is 11.7 Å². The van der Waals surface area contributed by atoms with Crippen molar-refractivity contribution < 1.29 is 4.79 Å². The standard InChI is InChI=1S/C15H23N3O/c1-3-12-6-5-10-18(11-9-12)15(19)13-7-4-8-14(16-2)17-13/h4,7-8,12H,3,5-6,9-11H2,1-2H3,(H,16,17). The summed E-state index contributed by atoms with van der Waals surface area (Å²) in [6.07, 6.45) is 4.68. The Kier molecular flexibility index (Phi) is 4.77. The van der Waals surface area contributed by atoms with Crippen LogP contribution in [-0.2, 0) is 0 Å². The minimum absolute atomic E-state index is 0.0638. The number of aromatic nitrogens is 1. The topological polar surface area (TPSA) is 45.2 Å². The SMILES string of the molecule is CCC1CCCN(C(=O)c2cccc(NC)n2)CC1. The highest BCUT2D eigenvalue weighted by Gasteiger charge is 2.21. The summed E-state index contributed by atoms with van der Waals surface area (Å²) in [7, 11) is 1.81. The lowest BCUT2D eigenvalue weighted by atomic mass is 9.98. The highest BCUT2D eigenvalue weighted by atomic mass is 16.2. The quantitative estimate of drug-likeness (QED) is 0.910. The van der Waals surface area contributed by atoms with Crippen molar-refractivity contribution in [2.75, 3.05) is 25.5 Å². The van der Waals surface area contributed by atoms with E-state index < -0.39 is 0 Å². The molecule has 1 amide bonds. The second-order valence-corrected chi connectivity index (χ2v) is 5.16. The third-order valence-electron chi connectivity index (χ3n) is 3.94. The number of pyridine rings is 1. The molecule has 1 aliphatic rings. The minimum Gasteiger partial charge on any atom is -0.373 e. The van der Waals surface area contributed by atoms with E-state index in [-0.39, 0.29) is 5.91 Å². The van der Waals surface area contributed by atoms with E-state index in [9.17, 15) is 4.79 Å². The molecule has 1 aromatic rings. The molecule has 0 spiro atoms. The van der Waals surface area contributed by atoms with Crippen LogP contribution in [-0.4, -0.2) is 35.9 Å². The van der Waals surface area contributed by atoms with Crippen LogP contribution in [0.1, 0.15) is 43.1 Å². The molecule has 0 aliphatic carbocycles. The average Bonchev–Trinajstić information content (AvgIpc) is 2.72. The molecule has 1 unspecified atom stereocenters. The number of carbonyl (C=O) groups excluding carboxylic acids is 1. The van der Waals surface area contributed by atoms with Crippen LogP contribution in [0.3, 0.4) is 0 Å². The summed E-state index contributed by atoms with van der Waals surface area (Å²) >= 11 is 0. The van der Waals surface area contributed by atoms with Gasteiger partial charge in [0.25, 0.3) is 5.91 Å². The summed E-state index contributed by atoms with van der Waals surface area (Å²) in [6.45, 7) is 3.96. The number of hydrogen-bond donors (Lipinski definition) is 1. The molecule has 19 heavy (non-hydrogen) atoms. The summed E-state index contributed by atoms with van der Waals surface area (Å²) in [6, 6.07) is 5.54. The predicted octanol–water partition coefficient (Wildman–Crippen LogP) is 2.78. The molecule has 1 N–H and O–H groups in total. The molecule has 2 rings (SSSR count). The fourth-order valence-corrected chi connectivity index (χ4v) is 2.63. The van der Waals surface area contributed by atoms with Crippen molar-refractivity contribution in [2.45, 2.75) is 32.6 Å². The molecule has 2 heterocycles. The average molecular weight is 261 g/mol. The van der Waals surface area contributed by atoms with Gasteiger partial charge in [-0.2, -0.15) is 0 Å². The maximum Gasteiger partial charge on any atom is 0.272 e. The Morgan fingerprint density at radius 2 is 2.26 bits per heavy atom. The molecule has 1 atom stereocenters. The second kappa shape index (κ2) is 6.55. The first-order chi connectivity index (χ1) is 9.24. The first-order valence-corrected chi connectivity index (χ1v) is 7.18. The smallest absolute Gasteiger partial charge is 0.272 e. The van der Waals surface area contributed by atoms with Gasteiger partial charge in [0.15, 0.2) is 0 Å². The van der Waals surface area contributed by atoms with Gasteiger partial charge in [-0.3, -0.25) is 4.79 Å². The predicted molar refractivity (Wildman–Crippen MR) is 77.3 cm³/mol. The van der Waals surface area contributed by atoms with Gasteiger partial charge < -0.3 is 10.2 Å². The summed E-state index contributed by atoms with van der Waals surface area (Å²) in [5.74, 6) is 1.58. The molecule has 1 fully saturated rings. The van der Waals surface area contributed by atoms with E-state index >= 15 is 0 Å². The van der Waals surface area contributed by atoms with Gasteiger partial charge in [-0.15, -0.1) is 0 Å². The molecule has 0 bridgehead atoms. The fraction of sp³-hybridized carbons (Fsp3) is 0.600. The van der Waals surface area contributed by atoms with E-state index in [1.807, 2.05) is 24.1 Å². The van der Waals surface area contributed by atoms with Gasteiger partial charge in [0.05, 0.1) is 0 Å². The molecule has 0 aromatic carbocycles. The monoisotopic (exact) mass is 261 g/mol. The zero-order chi connectivity index (χ0) is 13.7. The largest absolute Gasteiger partial charge is 0.373 e. The van der Waals surface area contributed by atoms with Crippen LogP contribution in [0.5, 0.6) is 0 Å². The van der Waals surface area contributed by atoms with Gasteiger partial charge in [0, 0.05) is 20.1 Å². The Bertz CT molecular complexity index is 433.